The Morgan fingerprint density at radius 1 is 1.31 bits per heavy atom. The number of rotatable bonds is 7. The monoisotopic (exact) mass is 397 g/mol. The molecule has 1 saturated heterocycles. The van der Waals surface area contributed by atoms with Crippen LogP contribution in [0.15, 0.2) is 35.2 Å². The molecule has 0 aromatic heterocycles. The first-order valence-electron chi connectivity index (χ1n) is 9.03. The first-order valence-corrected chi connectivity index (χ1v) is 11.9. The highest BCUT2D eigenvalue weighted by atomic mass is 32.2. The molecule has 6 nitrogen and oxygen atoms in total. The number of carbonyl (C=O) groups is 1. The molecule has 1 saturated carbocycles. The van der Waals surface area contributed by atoms with Crippen molar-refractivity contribution in [2.75, 3.05) is 25.1 Å². The van der Waals surface area contributed by atoms with Crippen LogP contribution in [0.3, 0.4) is 0 Å². The maximum Gasteiger partial charge on any atom is 0.241 e. The summed E-state index contributed by atoms with van der Waals surface area (Å²) < 4.78 is 28.0. The Kier molecular flexibility index (Phi) is 6.27. The van der Waals surface area contributed by atoms with Crippen molar-refractivity contribution >= 4 is 27.7 Å². The van der Waals surface area contributed by atoms with E-state index in [9.17, 15) is 13.2 Å². The summed E-state index contributed by atoms with van der Waals surface area (Å²) in [6.07, 6.45) is 4.51. The van der Waals surface area contributed by atoms with Gasteiger partial charge in [-0.15, -0.1) is 0 Å². The van der Waals surface area contributed by atoms with Crippen LogP contribution in [0.1, 0.15) is 19.3 Å². The van der Waals surface area contributed by atoms with Gasteiger partial charge in [0.2, 0.25) is 15.9 Å². The Labute approximate surface area is 159 Å². The molecule has 1 aromatic rings. The predicted molar refractivity (Wildman–Crippen MR) is 104 cm³/mol. The van der Waals surface area contributed by atoms with Crippen molar-refractivity contribution in [1.82, 2.24) is 9.62 Å². The average Bonchev–Trinajstić information content (AvgIpc) is 3.21. The summed E-state index contributed by atoms with van der Waals surface area (Å²) in [6, 6.07) is 7.62. The van der Waals surface area contributed by atoms with Crippen LogP contribution in [0.2, 0.25) is 0 Å². The van der Waals surface area contributed by atoms with Gasteiger partial charge in [-0.05, 0) is 55.2 Å². The van der Waals surface area contributed by atoms with Gasteiger partial charge in [0.1, 0.15) is 6.04 Å². The summed E-state index contributed by atoms with van der Waals surface area (Å²) in [6.45, 7) is 1.34. The molecule has 0 radical (unpaired) electrons. The highest BCUT2D eigenvalue weighted by Crippen LogP contribution is 2.37. The standard InChI is InChI=1S/C18H27N3O3S2/c1-25-10-9-17(20-26(23,24)14-5-3-2-4-6-14)18(22)21-11-13-7-8-16(19)15(13)12-21/h2-6,13,15-17,20H,7-12,19H2,1H3. The molecule has 1 aliphatic carbocycles. The average molecular weight is 398 g/mol. The van der Waals surface area contributed by atoms with Gasteiger partial charge in [-0.2, -0.15) is 16.5 Å². The fourth-order valence-electron chi connectivity index (χ4n) is 4.03. The van der Waals surface area contributed by atoms with E-state index in [1.165, 1.54) is 12.1 Å². The Balaban J connectivity index is 1.72. The molecule has 2 aliphatic rings. The predicted octanol–water partition coefficient (Wildman–Crippen LogP) is 1.28. The second-order valence-corrected chi connectivity index (χ2v) is 9.88. The van der Waals surface area contributed by atoms with E-state index in [0.717, 1.165) is 12.8 Å². The maximum atomic E-state index is 13.0. The van der Waals surface area contributed by atoms with Crippen LogP contribution in [-0.2, 0) is 14.8 Å². The Bertz CT molecular complexity index is 726. The number of fused-ring (bicyclic) bond motifs is 1. The Morgan fingerprint density at radius 2 is 2.04 bits per heavy atom. The van der Waals surface area contributed by atoms with Crippen molar-refractivity contribution in [3.05, 3.63) is 30.3 Å². The third-order valence-electron chi connectivity index (χ3n) is 5.48. The fraction of sp³-hybridized carbons (Fsp3) is 0.611. The number of hydrogen-bond donors (Lipinski definition) is 2. The molecular formula is C18H27N3O3S2. The second kappa shape index (κ2) is 8.29. The zero-order chi connectivity index (χ0) is 18.7. The molecule has 144 valence electrons. The minimum atomic E-state index is -3.73. The van der Waals surface area contributed by atoms with Crippen molar-refractivity contribution in [2.45, 2.75) is 36.2 Å². The quantitative estimate of drug-likeness (QED) is 0.723. The summed E-state index contributed by atoms with van der Waals surface area (Å²) >= 11 is 1.60. The lowest BCUT2D eigenvalue weighted by Gasteiger charge is -2.25. The lowest BCUT2D eigenvalue weighted by atomic mass is 9.98. The number of nitrogens with zero attached hydrogens (tertiary/aromatic N) is 1. The van der Waals surface area contributed by atoms with Gasteiger partial charge in [-0.3, -0.25) is 4.79 Å². The summed E-state index contributed by atoms with van der Waals surface area (Å²) in [5.41, 5.74) is 6.16. The van der Waals surface area contributed by atoms with E-state index in [1.54, 1.807) is 30.0 Å². The number of benzene rings is 1. The summed E-state index contributed by atoms with van der Waals surface area (Å²) in [4.78, 5) is 15.0. The number of carbonyl (C=O) groups excluding carboxylic acids is 1. The normalized spacial score (nSPS) is 26.7. The number of hydrogen-bond acceptors (Lipinski definition) is 5. The third-order valence-corrected chi connectivity index (χ3v) is 7.62. The third kappa shape index (κ3) is 4.24. The van der Waals surface area contributed by atoms with E-state index in [2.05, 4.69) is 4.72 Å². The van der Waals surface area contributed by atoms with Crippen molar-refractivity contribution in [1.29, 1.82) is 0 Å². The topological polar surface area (TPSA) is 92.5 Å². The van der Waals surface area contributed by atoms with Crippen molar-refractivity contribution in [2.24, 2.45) is 17.6 Å². The van der Waals surface area contributed by atoms with Gasteiger partial charge < -0.3 is 10.6 Å². The van der Waals surface area contributed by atoms with Crippen LogP contribution in [0.25, 0.3) is 0 Å². The fourth-order valence-corrected chi connectivity index (χ4v) is 5.75. The van der Waals surface area contributed by atoms with Gasteiger partial charge in [0.15, 0.2) is 0 Å². The number of sulfonamides is 1. The lowest BCUT2D eigenvalue weighted by Crippen LogP contribution is -2.48. The van der Waals surface area contributed by atoms with Crippen LogP contribution in [0, 0.1) is 11.8 Å². The molecule has 26 heavy (non-hydrogen) atoms. The minimum absolute atomic E-state index is 0.125. The number of nitrogens with two attached hydrogens (primary N) is 1. The zero-order valence-corrected chi connectivity index (χ0v) is 16.6. The molecule has 1 amide bonds. The summed E-state index contributed by atoms with van der Waals surface area (Å²) in [7, 11) is -3.73. The van der Waals surface area contributed by atoms with Crippen LogP contribution in [0.5, 0.6) is 0 Å². The SMILES string of the molecule is CSCCC(NS(=O)(=O)c1ccccc1)C(=O)N1CC2CCC(N)C2C1. The summed E-state index contributed by atoms with van der Waals surface area (Å²) in [5.74, 6) is 1.40. The molecular weight excluding hydrogens is 370 g/mol. The molecule has 4 atom stereocenters. The molecule has 2 fully saturated rings. The number of nitrogens with one attached hydrogen (secondary N) is 1. The van der Waals surface area contributed by atoms with E-state index in [1.807, 2.05) is 11.2 Å². The molecule has 1 heterocycles. The van der Waals surface area contributed by atoms with Gasteiger partial charge in [0, 0.05) is 19.1 Å². The Morgan fingerprint density at radius 3 is 2.69 bits per heavy atom. The first-order chi connectivity index (χ1) is 12.4. The molecule has 1 aliphatic heterocycles. The van der Waals surface area contributed by atoms with E-state index in [4.69, 9.17) is 5.73 Å². The largest absolute Gasteiger partial charge is 0.341 e. The lowest BCUT2D eigenvalue weighted by molar-refractivity contribution is -0.132. The molecule has 0 bridgehead atoms. The van der Waals surface area contributed by atoms with E-state index >= 15 is 0 Å². The van der Waals surface area contributed by atoms with E-state index in [-0.39, 0.29) is 16.8 Å². The molecule has 4 unspecified atom stereocenters. The summed E-state index contributed by atoms with van der Waals surface area (Å²) in [5, 5.41) is 0. The smallest absolute Gasteiger partial charge is 0.241 e. The highest BCUT2D eigenvalue weighted by Gasteiger charge is 2.44. The number of amides is 1. The Hall–Kier alpha value is -1.09. The minimum Gasteiger partial charge on any atom is -0.341 e. The molecule has 3 N–H and O–H groups in total. The van der Waals surface area contributed by atoms with Gasteiger partial charge in [-0.25, -0.2) is 8.42 Å². The van der Waals surface area contributed by atoms with Crippen LogP contribution >= 0.6 is 11.8 Å². The van der Waals surface area contributed by atoms with E-state index in [0.29, 0.717) is 37.1 Å². The van der Waals surface area contributed by atoms with Crippen LogP contribution in [0.4, 0.5) is 0 Å². The molecule has 0 spiro atoms. The molecule has 3 rings (SSSR count). The van der Waals surface area contributed by atoms with E-state index < -0.39 is 16.1 Å². The van der Waals surface area contributed by atoms with Crippen LogP contribution < -0.4 is 10.5 Å². The highest BCUT2D eigenvalue weighted by molar-refractivity contribution is 7.98. The molecule has 1 aromatic carbocycles. The van der Waals surface area contributed by atoms with Crippen molar-refractivity contribution in [3.8, 4) is 0 Å². The van der Waals surface area contributed by atoms with Gasteiger partial charge >= 0.3 is 0 Å². The van der Waals surface area contributed by atoms with Gasteiger partial charge in [0.05, 0.1) is 4.90 Å². The zero-order valence-electron chi connectivity index (χ0n) is 15.0. The van der Waals surface area contributed by atoms with Gasteiger partial charge in [-0.1, -0.05) is 18.2 Å². The van der Waals surface area contributed by atoms with Gasteiger partial charge in [0.25, 0.3) is 0 Å². The number of likely N-dealkylation sites (tertiary alicyclic amines) is 1. The number of thioether (sulfide) groups is 1. The van der Waals surface area contributed by atoms with Crippen molar-refractivity contribution < 1.29 is 13.2 Å². The maximum absolute atomic E-state index is 13.0. The first kappa shape index (κ1) is 19.7. The molecule has 8 heteroatoms. The van der Waals surface area contributed by atoms with Crippen LogP contribution in [-0.4, -0.2) is 56.4 Å². The second-order valence-electron chi connectivity index (χ2n) is 7.18. The van der Waals surface area contributed by atoms with Crippen molar-refractivity contribution in [3.63, 3.8) is 0 Å².